The Kier molecular flexibility index (Phi) is 3.70. The summed E-state index contributed by atoms with van der Waals surface area (Å²) in [6.45, 7) is 6.41. The van der Waals surface area contributed by atoms with Crippen LogP contribution in [0.25, 0.3) is 0 Å². The molecule has 1 fully saturated rings. The molecule has 2 heterocycles. The van der Waals surface area contributed by atoms with Crippen LogP contribution in [0.15, 0.2) is 0 Å². The van der Waals surface area contributed by atoms with Crippen molar-refractivity contribution in [3.8, 4) is 0 Å². The second kappa shape index (κ2) is 5.05. The van der Waals surface area contributed by atoms with Crippen molar-refractivity contribution in [3.05, 3.63) is 5.01 Å². The fraction of sp³-hybridized carbons (Fsp3) is 0.778. The fourth-order valence-electron chi connectivity index (χ4n) is 1.83. The minimum atomic E-state index is 0.605. The molecule has 0 radical (unpaired) electrons. The zero-order valence-corrected chi connectivity index (χ0v) is 10.5. The lowest BCUT2D eigenvalue weighted by Crippen LogP contribution is -2.49. The third-order valence-electron chi connectivity index (χ3n) is 2.99. The number of nitrogen functional groups attached to an aromatic ring is 1. The number of nitrogens with zero attached hydrogens (tertiary/aromatic N) is 4. The Labute approximate surface area is 99.4 Å². The normalized spacial score (nSPS) is 23.6. The van der Waals surface area contributed by atoms with Crippen molar-refractivity contribution in [1.82, 2.24) is 20.0 Å². The van der Waals surface area contributed by atoms with Crippen LogP contribution >= 0.6 is 11.3 Å². The summed E-state index contributed by atoms with van der Waals surface area (Å²) >= 11 is 1.51. The van der Waals surface area contributed by atoms with E-state index in [-0.39, 0.29) is 0 Å². The number of hydrogen-bond acceptors (Lipinski definition) is 7. The second-order valence-corrected chi connectivity index (χ2v) is 5.27. The van der Waals surface area contributed by atoms with E-state index < -0.39 is 0 Å². The Hall–Kier alpha value is -0.760. The summed E-state index contributed by atoms with van der Waals surface area (Å²) in [4.78, 5) is 4.79. The van der Waals surface area contributed by atoms with Crippen LogP contribution in [0.2, 0.25) is 0 Å². The van der Waals surface area contributed by atoms with E-state index in [9.17, 15) is 0 Å². The molecule has 1 atom stereocenters. The van der Waals surface area contributed by atoms with Crippen molar-refractivity contribution >= 4 is 16.5 Å². The largest absolute Gasteiger partial charge is 0.301 e. The topological polar surface area (TPSA) is 70.3 Å². The summed E-state index contributed by atoms with van der Waals surface area (Å²) in [6, 6.07) is 0.605. The first kappa shape index (κ1) is 11.7. The van der Waals surface area contributed by atoms with Gasteiger partial charge in [-0.25, -0.2) is 5.84 Å². The van der Waals surface area contributed by atoms with Crippen LogP contribution in [0.3, 0.4) is 0 Å². The average molecular weight is 242 g/mol. The van der Waals surface area contributed by atoms with Crippen LogP contribution in [-0.2, 0) is 6.54 Å². The van der Waals surface area contributed by atoms with Crippen LogP contribution in [0.5, 0.6) is 0 Å². The molecular weight excluding hydrogens is 224 g/mol. The molecule has 3 N–H and O–H groups in total. The SMILES string of the molecule is CC1CN(Cc2nnc(NN)s2)CCN1C. The Morgan fingerprint density at radius 1 is 1.50 bits per heavy atom. The second-order valence-electron chi connectivity index (χ2n) is 4.21. The number of piperazine rings is 1. The zero-order valence-electron chi connectivity index (χ0n) is 9.68. The maximum atomic E-state index is 5.27. The fourth-order valence-corrected chi connectivity index (χ4v) is 2.53. The molecule has 0 aliphatic carbocycles. The molecule has 90 valence electrons. The van der Waals surface area contributed by atoms with E-state index in [4.69, 9.17) is 5.84 Å². The Balaban J connectivity index is 1.90. The molecule has 2 rings (SSSR count). The number of hydrazine groups is 1. The molecule has 1 aromatic heterocycles. The van der Waals surface area contributed by atoms with Crippen LogP contribution < -0.4 is 11.3 Å². The predicted octanol–water partition coefficient (Wildman–Crippen LogP) is -0.0404. The van der Waals surface area contributed by atoms with Gasteiger partial charge in [-0.2, -0.15) is 0 Å². The zero-order chi connectivity index (χ0) is 11.5. The predicted molar refractivity (Wildman–Crippen MR) is 65.1 cm³/mol. The molecule has 6 nitrogen and oxygen atoms in total. The summed E-state index contributed by atoms with van der Waals surface area (Å²) in [5.74, 6) is 5.27. The number of aromatic nitrogens is 2. The van der Waals surface area contributed by atoms with Crippen LogP contribution in [-0.4, -0.2) is 52.7 Å². The number of rotatable bonds is 3. The Morgan fingerprint density at radius 3 is 2.94 bits per heavy atom. The van der Waals surface area contributed by atoms with E-state index in [2.05, 4.69) is 39.4 Å². The summed E-state index contributed by atoms with van der Waals surface area (Å²) in [5.41, 5.74) is 2.52. The first-order valence-corrected chi connectivity index (χ1v) is 6.22. The highest BCUT2D eigenvalue weighted by molar-refractivity contribution is 7.15. The highest BCUT2D eigenvalue weighted by Crippen LogP contribution is 2.17. The van der Waals surface area contributed by atoms with Gasteiger partial charge in [-0.05, 0) is 14.0 Å². The Morgan fingerprint density at radius 2 is 2.31 bits per heavy atom. The molecule has 0 amide bonds. The Bertz CT molecular complexity index is 340. The molecule has 1 aliphatic heterocycles. The van der Waals surface area contributed by atoms with E-state index in [0.717, 1.165) is 31.2 Å². The molecule has 7 heteroatoms. The van der Waals surface area contributed by atoms with Crippen LogP contribution in [0.1, 0.15) is 11.9 Å². The van der Waals surface area contributed by atoms with Gasteiger partial charge in [0.2, 0.25) is 5.13 Å². The number of nitrogens with two attached hydrogens (primary N) is 1. The van der Waals surface area contributed by atoms with Gasteiger partial charge in [0, 0.05) is 25.7 Å². The van der Waals surface area contributed by atoms with Crippen LogP contribution in [0, 0.1) is 0 Å². The molecular formula is C9H18N6S. The molecule has 0 bridgehead atoms. The third kappa shape index (κ3) is 2.67. The van der Waals surface area contributed by atoms with E-state index in [1.165, 1.54) is 11.3 Å². The molecule has 1 aliphatic rings. The molecule has 1 aromatic rings. The van der Waals surface area contributed by atoms with Crippen LogP contribution in [0.4, 0.5) is 5.13 Å². The van der Waals surface area contributed by atoms with Crippen molar-refractivity contribution in [1.29, 1.82) is 0 Å². The van der Waals surface area contributed by atoms with Crippen molar-refractivity contribution in [3.63, 3.8) is 0 Å². The molecule has 0 saturated carbocycles. The first-order valence-electron chi connectivity index (χ1n) is 5.40. The van der Waals surface area contributed by atoms with Gasteiger partial charge in [0.1, 0.15) is 5.01 Å². The van der Waals surface area contributed by atoms with Gasteiger partial charge in [0.15, 0.2) is 0 Å². The summed E-state index contributed by atoms with van der Waals surface area (Å²) in [7, 11) is 2.17. The molecule has 1 unspecified atom stereocenters. The maximum absolute atomic E-state index is 5.27. The van der Waals surface area contributed by atoms with E-state index in [0.29, 0.717) is 11.2 Å². The monoisotopic (exact) mass is 242 g/mol. The highest BCUT2D eigenvalue weighted by Gasteiger charge is 2.21. The average Bonchev–Trinajstić information content (AvgIpc) is 2.71. The van der Waals surface area contributed by atoms with Crippen molar-refractivity contribution in [2.45, 2.75) is 19.5 Å². The van der Waals surface area contributed by atoms with Gasteiger partial charge in [-0.15, -0.1) is 10.2 Å². The van der Waals surface area contributed by atoms with E-state index >= 15 is 0 Å². The minimum Gasteiger partial charge on any atom is -0.301 e. The van der Waals surface area contributed by atoms with Gasteiger partial charge in [-0.1, -0.05) is 11.3 Å². The molecule has 16 heavy (non-hydrogen) atoms. The number of anilines is 1. The third-order valence-corrected chi connectivity index (χ3v) is 3.83. The van der Waals surface area contributed by atoms with Gasteiger partial charge < -0.3 is 4.90 Å². The van der Waals surface area contributed by atoms with Crippen molar-refractivity contribution < 1.29 is 0 Å². The lowest BCUT2D eigenvalue weighted by atomic mass is 10.2. The number of hydrogen-bond donors (Lipinski definition) is 2. The lowest BCUT2D eigenvalue weighted by Gasteiger charge is -2.37. The number of likely N-dealkylation sites (N-methyl/N-ethyl adjacent to an activating group) is 1. The van der Waals surface area contributed by atoms with E-state index in [1.807, 2.05) is 0 Å². The smallest absolute Gasteiger partial charge is 0.219 e. The summed E-state index contributed by atoms with van der Waals surface area (Å²) < 4.78 is 0. The maximum Gasteiger partial charge on any atom is 0.219 e. The first-order chi connectivity index (χ1) is 7.69. The van der Waals surface area contributed by atoms with Gasteiger partial charge in [0.05, 0.1) is 6.54 Å². The van der Waals surface area contributed by atoms with Gasteiger partial charge in [-0.3, -0.25) is 10.3 Å². The van der Waals surface area contributed by atoms with Gasteiger partial charge >= 0.3 is 0 Å². The van der Waals surface area contributed by atoms with E-state index in [1.54, 1.807) is 0 Å². The molecule has 0 spiro atoms. The molecule has 1 saturated heterocycles. The van der Waals surface area contributed by atoms with Gasteiger partial charge in [0.25, 0.3) is 0 Å². The summed E-state index contributed by atoms with van der Waals surface area (Å²) in [6.07, 6.45) is 0. The van der Waals surface area contributed by atoms with Crippen molar-refractivity contribution in [2.75, 3.05) is 32.1 Å². The lowest BCUT2D eigenvalue weighted by molar-refractivity contribution is 0.0998. The highest BCUT2D eigenvalue weighted by atomic mass is 32.1. The standard InChI is InChI=1S/C9H18N6S/c1-7-5-15(4-3-14(7)2)6-8-12-13-9(11-10)16-8/h7H,3-6,10H2,1-2H3,(H,11,13). The summed E-state index contributed by atoms with van der Waals surface area (Å²) in [5, 5.41) is 9.72. The quantitative estimate of drug-likeness (QED) is 0.572. The minimum absolute atomic E-state index is 0.605. The number of nitrogens with one attached hydrogen (secondary N) is 1. The molecule has 0 aromatic carbocycles. The van der Waals surface area contributed by atoms with Crippen molar-refractivity contribution in [2.24, 2.45) is 5.84 Å².